The number of carbonyl (C=O) groups excluding carboxylic acids is 1. The molecule has 130 valence electrons. The number of benzene rings is 2. The third-order valence-electron chi connectivity index (χ3n) is 4.56. The Morgan fingerprint density at radius 1 is 1.16 bits per heavy atom. The normalized spacial score (nSPS) is 13.3. The van der Waals surface area contributed by atoms with Gasteiger partial charge in [-0.3, -0.25) is 9.52 Å². The number of hydrogen-bond acceptors (Lipinski definition) is 3. The molecule has 0 saturated carbocycles. The number of sulfonamides is 1. The molecular weight excluding hydrogens is 334 g/mol. The minimum Gasteiger partial charge on any atom is -0.294 e. The zero-order valence-corrected chi connectivity index (χ0v) is 15.4. The first-order chi connectivity index (χ1) is 11.8. The molecule has 4 nitrogen and oxygen atoms in total. The van der Waals surface area contributed by atoms with Crippen molar-refractivity contribution >= 4 is 27.1 Å². The summed E-state index contributed by atoms with van der Waals surface area (Å²) in [7, 11) is -3.75. The second kappa shape index (κ2) is 6.48. The predicted molar refractivity (Wildman–Crippen MR) is 100 cm³/mol. The molecule has 0 fully saturated rings. The highest BCUT2D eigenvalue weighted by molar-refractivity contribution is 7.92. The Hall–Kier alpha value is -2.40. The van der Waals surface area contributed by atoms with E-state index in [0.29, 0.717) is 17.7 Å². The molecule has 0 amide bonds. The fraction of sp³-hybridized carbons (Fsp3) is 0.250. The van der Waals surface area contributed by atoms with Crippen LogP contribution in [0.25, 0.3) is 5.57 Å². The van der Waals surface area contributed by atoms with E-state index in [4.69, 9.17) is 0 Å². The monoisotopic (exact) mass is 355 g/mol. The topological polar surface area (TPSA) is 63.2 Å². The summed E-state index contributed by atoms with van der Waals surface area (Å²) in [5, 5.41) is 0. The smallest absolute Gasteiger partial charge is 0.261 e. The van der Waals surface area contributed by atoms with Crippen molar-refractivity contribution in [3.63, 3.8) is 0 Å². The van der Waals surface area contributed by atoms with Gasteiger partial charge in [0.05, 0.1) is 10.6 Å². The van der Waals surface area contributed by atoms with Crippen LogP contribution in [0.5, 0.6) is 0 Å². The van der Waals surface area contributed by atoms with Gasteiger partial charge in [-0.25, -0.2) is 8.42 Å². The van der Waals surface area contributed by atoms with Crippen molar-refractivity contribution in [1.29, 1.82) is 0 Å². The van der Waals surface area contributed by atoms with Gasteiger partial charge in [0, 0.05) is 12.0 Å². The summed E-state index contributed by atoms with van der Waals surface area (Å²) in [6.07, 6.45) is 3.17. The molecule has 5 heteroatoms. The molecule has 0 atom stereocenters. The van der Waals surface area contributed by atoms with Crippen molar-refractivity contribution in [3.8, 4) is 0 Å². The lowest BCUT2D eigenvalue weighted by molar-refractivity contribution is 0.0988. The molecule has 3 rings (SSSR count). The maximum atomic E-state index is 12.8. The lowest BCUT2D eigenvalue weighted by Crippen LogP contribution is -2.15. The molecule has 0 bridgehead atoms. The molecule has 0 radical (unpaired) electrons. The maximum absolute atomic E-state index is 12.8. The summed E-state index contributed by atoms with van der Waals surface area (Å²) in [5.41, 5.74) is 5.44. The van der Waals surface area contributed by atoms with Crippen LogP contribution in [0.1, 0.15) is 47.3 Å². The number of hydrogen-bond donors (Lipinski definition) is 1. The molecule has 2 aromatic rings. The van der Waals surface area contributed by atoms with Crippen LogP contribution >= 0.6 is 0 Å². The molecule has 0 unspecified atom stereocenters. The highest BCUT2D eigenvalue weighted by atomic mass is 32.2. The summed E-state index contributed by atoms with van der Waals surface area (Å²) in [5.74, 6) is -0.0758. The van der Waals surface area contributed by atoms with Gasteiger partial charge in [0.1, 0.15) is 0 Å². The average Bonchev–Trinajstić information content (AvgIpc) is 2.99. The van der Waals surface area contributed by atoms with E-state index in [1.165, 1.54) is 17.7 Å². The van der Waals surface area contributed by atoms with Crippen molar-refractivity contribution in [2.75, 3.05) is 4.72 Å². The van der Waals surface area contributed by atoms with E-state index in [9.17, 15) is 13.2 Å². The SMILES string of the molecule is CCC(=O)c1cccc(S(=O)(=O)Nc2ccc(C)c3c2CC=C3C)c1. The van der Waals surface area contributed by atoms with Crippen LogP contribution < -0.4 is 4.72 Å². The van der Waals surface area contributed by atoms with Gasteiger partial charge in [-0.05, 0) is 60.7 Å². The minimum atomic E-state index is -3.75. The maximum Gasteiger partial charge on any atom is 0.261 e. The Morgan fingerprint density at radius 2 is 1.92 bits per heavy atom. The molecule has 25 heavy (non-hydrogen) atoms. The fourth-order valence-electron chi connectivity index (χ4n) is 3.22. The third kappa shape index (κ3) is 3.24. The molecule has 1 aliphatic carbocycles. The van der Waals surface area contributed by atoms with E-state index in [-0.39, 0.29) is 10.7 Å². The highest BCUT2D eigenvalue weighted by Crippen LogP contribution is 2.35. The molecule has 1 N–H and O–H groups in total. The number of allylic oxidation sites excluding steroid dienone is 2. The minimum absolute atomic E-state index is 0.0758. The number of nitrogens with one attached hydrogen (secondary N) is 1. The first-order valence-electron chi connectivity index (χ1n) is 8.29. The van der Waals surface area contributed by atoms with Crippen LogP contribution in [0.4, 0.5) is 5.69 Å². The van der Waals surface area contributed by atoms with E-state index in [0.717, 1.165) is 23.1 Å². The Morgan fingerprint density at radius 3 is 2.64 bits per heavy atom. The first kappa shape index (κ1) is 17.4. The van der Waals surface area contributed by atoms with Crippen molar-refractivity contribution < 1.29 is 13.2 Å². The Labute approximate surface area is 148 Å². The van der Waals surface area contributed by atoms with Crippen LogP contribution in [-0.4, -0.2) is 14.2 Å². The predicted octanol–water partition coefficient (Wildman–Crippen LogP) is 4.35. The zero-order chi connectivity index (χ0) is 18.2. The van der Waals surface area contributed by atoms with E-state index >= 15 is 0 Å². The number of fused-ring (bicyclic) bond motifs is 1. The first-order valence-corrected chi connectivity index (χ1v) is 9.77. The van der Waals surface area contributed by atoms with Crippen LogP contribution in [0.2, 0.25) is 0 Å². The number of ketones is 1. The van der Waals surface area contributed by atoms with Gasteiger partial charge in [-0.1, -0.05) is 31.2 Å². The number of aryl methyl sites for hydroxylation is 1. The van der Waals surface area contributed by atoms with Gasteiger partial charge in [-0.2, -0.15) is 0 Å². The number of Topliss-reactive ketones (excluding diaryl/α,β-unsaturated/α-hetero) is 1. The number of carbonyl (C=O) groups is 1. The van der Waals surface area contributed by atoms with E-state index in [1.54, 1.807) is 25.1 Å². The quantitative estimate of drug-likeness (QED) is 0.811. The molecule has 2 aromatic carbocycles. The van der Waals surface area contributed by atoms with Gasteiger partial charge in [0.15, 0.2) is 5.78 Å². The summed E-state index contributed by atoms with van der Waals surface area (Å²) < 4.78 is 28.3. The Kier molecular flexibility index (Phi) is 4.52. The van der Waals surface area contributed by atoms with Crippen molar-refractivity contribution in [2.24, 2.45) is 0 Å². The Bertz CT molecular complexity index is 988. The lowest BCUT2D eigenvalue weighted by atomic mass is 9.99. The Balaban J connectivity index is 1.98. The van der Waals surface area contributed by atoms with Gasteiger partial charge < -0.3 is 0 Å². The summed E-state index contributed by atoms with van der Waals surface area (Å²) >= 11 is 0. The second-order valence-corrected chi connectivity index (χ2v) is 7.97. The van der Waals surface area contributed by atoms with Gasteiger partial charge in [0.25, 0.3) is 10.0 Å². The highest BCUT2D eigenvalue weighted by Gasteiger charge is 2.22. The molecular formula is C20H21NO3S. The lowest BCUT2D eigenvalue weighted by Gasteiger charge is -2.15. The standard InChI is InChI=1S/C20H21NO3S/c1-4-19(22)15-6-5-7-16(12-15)25(23,24)21-18-11-9-14(3)20-13(2)8-10-17(18)20/h5-9,11-12,21H,4,10H2,1-3H3. The van der Waals surface area contributed by atoms with Gasteiger partial charge in [-0.15, -0.1) is 0 Å². The molecule has 0 spiro atoms. The molecule has 1 aliphatic rings. The molecule has 0 heterocycles. The van der Waals surface area contributed by atoms with Crippen molar-refractivity contribution in [1.82, 2.24) is 0 Å². The number of rotatable bonds is 5. The zero-order valence-electron chi connectivity index (χ0n) is 14.6. The van der Waals surface area contributed by atoms with Crippen LogP contribution in [0, 0.1) is 6.92 Å². The van der Waals surface area contributed by atoms with E-state index < -0.39 is 10.0 Å². The van der Waals surface area contributed by atoms with Crippen molar-refractivity contribution in [2.45, 2.75) is 38.5 Å². The number of anilines is 1. The van der Waals surface area contributed by atoms with Crippen LogP contribution in [0.15, 0.2) is 47.4 Å². The summed E-state index contributed by atoms with van der Waals surface area (Å²) in [4.78, 5) is 12.0. The van der Waals surface area contributed by atoms with Crippen LogP contribution in [-0.2, 0) is 16.4 Å². The van der Waals surface area contributed by atoms with E-state index in [2.05, 4.69) is 10.8 Å². The largest absolute Gasteiger partial charge is 0.294 e. The van der Waals surface area contributed by atoms with E-state index in [1.807, 2.05) is 19.9 Å². The molecule has 0 aliphatic heterocycles. The van der Waals surface area contributed by atoms with Crippen molar-refractivity contribution in [3.05, 3.63) is 64.7 Å². The summed E-state index contributed by atoms with van der Waals surface area (Å²) in [6.45, 7) is 5.82. The average molecular weight is 355 g/mol. The van der Waals surface area contributed by atoms with Gasteiger partial charge >= 0.3 is 0 Å². The van der Waals surface area contributed by atoms with Crippen LogP contribution in [0.3, 0.4) is 0 Å². The fourth-order valence-corrected chi connectivity index (χ4v) is 4.36. The molecule has 0 saturated heterocycles. The second-order valence-electron chi connectivity index (χ2n) is 6.28. The third-order valence-corrected chi connectivity index (χ3v) is 5.92. The molecule has 0 aromatic heterocycles. The summed E-state index contributed by atoms with van der Waals surface area (Å²) in [6, 6.07) is 9.92. The van der Waals surface area contributed by atoms with Gasteiger partial charge in [0.2, 0.25) is 0 Å².